The molecule has 158 valence electrons. The Morgan fingerprint density at radius 3 is 2.63 bits per heavy atom. The smallest absolute Gasteiger partial charge is 0.266 e. The van der Waals surface area contributed by atoms with Crippen LogP contribution in [0.4, 0.5) is 0 Å². The van der Waals surface area contributed by atoms with Gasteiger partial charge in [-0.1, -0.05) is 47.7 Å². The van der Waals surface area contributed by atoms with Gasteiger partial charge >= 0.3 is 0 Å². The van der Waals surface area contributed by atoms with E-state index in [1.807, 2.05) is 38.1 Å². The number of carbonyl (C=O) groups excluding carboxylic acids is 1. The molecule has 0 aromatic heterocycles. The van der Waals surface area contributed by atoms with Crippen molar-refractivity contribution in [2.75, 3.05) is 26.9 Å². The van der Waals surface area contributed by atoms with Crippen molar-refractivity contribution < 1.29 is 19.0 Å². The number of thioether (sulfide) groups is 1. The summed E-state index contributed by atoms with van der Waals surface area (Å²) in [5, 5.41) is 0.391. The van der Waals surface area contributed by atoms with E-state index in [2.05, 4.69) is 0 Å². The van der Waals surface area contributed by atoms with Crippen LogP contribution in [-0.2, 0) is 4.79 Å². The molecule has 8 heteroatoms. The van der Waals surface area contributed by atoms with Gasteiger partial charge in [0.1, 0.15) is 23.3 Å². The highest BCUT2D eigenvalue weighted by Crippen LogP contribution is 2.39. The fourth-order valence-electron chi connectivity index (χ4n) is 2.90. The second-order valence-corrected chi connectivity index (χ2v) is 8.56. The SMILES string of the molecule is CCN1C(=O)/C(=C/c2cc(Cl)c(OCCOc3cccc(C)c3)c(OC)c2)SC1=S. The van der Waals surface area contributed by atoms with E-state index in [0.29, 0.717) is 45.5 Å². The molecule has 0 unspecified atom stereocenters. The molecule has 1 saturated heterocycles. The molecule has 1 aliphatic heterocycles. The Bertz CT molecular complexity index is 993. The highest BCUT2D eigenvalue weighted by atomic mass is 35.5. The molecule has 0 N–H and O–H groups in total. The van der Waals surface area contributed by atoms with Crippen molar-refractivity contribution in [3.63, 3.8) is 0 Å². The number of rotatable bonds is 8. The van der Waals surface area contributed by atoms with Crippen LogP contribution in [0.1, 0.15) is 18.1 Å². The lowest BCUT2D eigenvalue weighted by atomic mass is 10.1. The van der Waals surface area contributed by atoms with Gasteiger partial charge in [-0.2, -0.15) is 0 Å². The molecule has 1 amide bonds. The first-order valence-electron chi connectivity index (χ1n) is 9.38. The molecule has 30 heavy (non-hydrogen) atoms. The summed E-state index contributed by atoms with van der Waals surface area (Å²) in [6, 6.07) is 11.3. The minimum atomic E-state index is -0.101. The second kappa shape index (κ2) is 10.2. The summed E-state index contributed by atoms with van der Waals surface area (Å²) in [5.41, 5.74) is 1.86. The number of aryl methyl sites for hydroxylation is 1. The number of halogens is 1. The molecule has 5 nitrogen and oxygen atoms in total. The number of carbonyl (C=O) groups is 1. The maximum absolute atomic E-state index is 12.4. The molecule has 3 rings (SSSR count). The average molecular weight is 464 g/mol. The third-order valence-electron chi connectivity index (χ3n) is 4.33. The summed E-state index contributed by atoms with van der Waals surface area (Å²) < 4.78 is 17.5. The number of amides is 1. The summed E-state index contributed by atoms with van der Waals surface area (Å²) in [4.78, 5) is 14.5. The van der Waals surface area contributed by atoms with Gasteiger partial charge in [-0.15, -0.1) is 0 Å². The van der Waals surface area contributed by atoms with Gasteiger partial charge in [0.25, 0.3) is 5.91 Å². The number of methoxy groups -OCH3 is 1. The highest BCUT2D eigenvalue weighted by molar-refractivity contribution is 8.26. The Morgan fingerprint density at radius 2 is 1.97 bits per heavy atom. The van der Waals surface area contributed by atoms with E-state index in [1.165, 1.54) is 11.8 Å². The van der Waals surface area contributed by atoms with E-state index in [1.54, 1.807) is 30.2 Å². The van der Waals surface area contributed by atoms with E-state index in [-0.39, 0.29) is 5.91 Å². The highest BCUT2D eigenvalue weighted by Gasteiger charge is 2.30. The van der Waals surface area contributed by atoms with Crippen LogP contribution in [0.15, 0.2) is 41.3 Å². The van der Waals surface area contributed by atoms with Gasteiger partial charge in [0, 0.05) is 6.54 Å². The molecule has 0 bridgehead atoms. The number of likely N-dealkylation sites (N-methyl/N-ethyl adjacent to an activating group) is 1. The molecule has 2 aromatic carbocycles. The van der Waals surface area contributed by atoms with Crippen molar-refractivity contribution in [3.8, 4) is 17.2 Å². The van der Waals surface area contributed by atoms with Gasteiger partial charge in [0.2, 0.25) is 0 Å². The number of benzene rings is 2. The maximum Gasteiger partial charge on any atom is 0.266 e. The normalized spacial score (nSPS) is 15.1. The van der Waals surface area contributed by atoms with Gasteiger partial charge in [-0.25, -0.2) is 0 Å². The third kappa shape index (κ3) is 5.28. The molecule has 1 aliphatic rings. The Labute approximate surface area is 190 Å². The van der Waals surface area contributed by atoms with Crippen molar-refractivity contribution in [3.05, 3.63) is 57.5 Å². The first kappa shape index (κ1) is 22.5. The minimum absolute atomic E-state index is 0.101. The van der Waals surface area contributed by atoms with Crippen LogP contribution < -0.4 is 14.2 Å². The van der Waals surface area contributed by atoms with Crippen molar-refractivity contribution in [1.29, 1.82) is 0 Å². The summed E-state index contributed by atoms with van der Waals surface area (Å²) in [5.74, 6) is 1.60. The first-order chi connectivity index (χ1) is 14.4. The third-order valence-corrected chi connectivity index (χ3v) is 5.99. The maximum atomic E-state index is 12.4. The molecule has 1 heterocycles. The molecular formula is C22H22ClNO4S2. The molecule has 0 atom stereocenters. The predicted octanol–water partition coefficient (Wildman–Crippen LogP) is 5.34. The van der Waals surface area contributed by atoms with Crippen LogP contribution >= 0.6 is 35.6 Å². The van der Waals surface area contributed by atoms with Crippen LogP contribution in [0.25, 0.3) is 6.08 Å². The standard InChI is InChI=1S/C22H22ClNO4S2/c1-4-24-21(25)19(30-22(24)29)13-15-11-17(23)20(18(12-15)26-3)28-9-8-27-16-7-5-6-14(2)10-16/h5-7,10-13H,4,8-9H2,1-3H3/b19-13-. The van der Waals surface area contributed by atoms with Crippen molar-refractivity contribution in [2.24, 2.45) is 0 Å². The zero-order valence-electron chi connectivity index (χ0n) is 16.9. The zero-order valence-corrected chi connectivity index (χ0v) is 19.3. The van der Waals surface area contributed by atoms with Crippen molar-refractivity contribution >= 4 is 51.9 Å². The number of ether oxygens (including phenoxy) is 3. The molecule has 0 spiro atoms. The lowest BCUT2D eigenvalue weighted by Crippen LogP contribution is -2.27. The van der Waals surface area contributed by atoms with Crippen LogP contribution in [-0.4, -0.2) is 42.0 Å². The van der Waals surface area contributed by atoms with E-state index in [4.69, 9.17) is 38.0 Å². The molecule has 2 aromatic rings. The molecule has 0 aliphatic carbocycles. The average Bonchev–Trinajstić information content (AvgIpc) is 2.98. The number of thiocarbonyl (C=S) groups is 1. The summed E-state index contributed by atoms with van der Waals surface area (Å²) in [6.07, 6.45) is 1.76. The number of hydrogen-bond donors (Lipinski definition) is 0. The Balaban J connectivity index is 1.69. The molecule has 0 saturated carbocycles. The predicted molar refractivity (Wildman–Crippen MR) is 126 cm³/mol. The Kier molecular flexibility index (Phi) is 7.64. The van der Waals surface area contributed by atoms with Gasteiger partial charge in [-0.05, 0) is 55.3 Å². The minimum Gasteiger partial charge on any atom is -0.493 e. The van der Waals surface area contributed by atoms with Gasteiger partial charge in [-0.3, -0.25) is 9.69 Å². The van der Waals surface area contributed by atoms with E-state index < -0.39 is 0 Å². The molecular weight excluding hydrogens is 442 g/mol. The number of hydrogen-bond acceptors (Lipinski definition) is 6. The lowest BCUT2D eigenvalue weighted by molar-refractivity contribution is -0.121. The topological polar surface area (TPSA) is 48.0 Å². The van der Waals surface area contributed by atoms with Crippen molar-refractivity contribution in [2.45, 2.75) is 13.8 Å². The Morgan fingerprint density at radius 1 is 1.20 bits per heavy atom. The van der Waals surface area contributed by atoms with E-state index in [9.17, 15) is 4.79 Å². The first-order valence-corrected chi connectivity index (χ1v) is 11.0. The zero-order chi connectivity index (χ0) is 21.7. The second-order valence-electron chi connectivity index (χ2n) is 6.47. The van der Waals surface area contributed by atoms with Gasteiger partial charge in [0.15, 0.2) is 11.5 Å². The van der Waals surface area contributed by atoms with Crippen molar-refractivity contribution in [1.82, 2.24) is 4.90 Å². The monoisotopic (exact) mass is 463 g/mol. The number of nitrogens with zero attached hydrogens (tertiary/aromatic N) is 1. The van der Waals surface area contributed by atoms with Crippen LogP contribution in [0.3, 0.4) is 0 Å². The fourth-order valence-corrected chi connectivity index (χ4v) is 4.55. The molecule has 1 fully saturated rings. The van der Waals surface area contributed by atoms with Gasteiger partial charge < -0.3 is 14.2 Å². The van der Waals surface area contributed by atoms with Crippen LogP contribution in [0.5, 0.6) is 17.2 Å². The summed E-state index contributed by atoms with van der Waals surface area (Å²) in [7, 11) is 1.54. The van der Waals surface area contributed by atoms with Crippen LogP contribution in [0.2, 0.25) is 5.02 Å². The largest absolute Gasteiger partial charge is 0.493 e. The summed E-state index contributed by atoms with van der Waals surface area (Å²) in [6.45, 7) is 5.12. The Hall–Kier alpha value is -2.22. The fraction of sp³-hybridized carbons (Fsp3) is 0.273. The summed E-state index contributed by atoms with van der Waals surface area (Å²) >= 11 is 13.0. The van der Waals surface area contributed by atoms with Gasteiger partial charge in [0.05, 0.1) is 17.0 Å². The van der Waals surface area contributed by atoms with E-state index in [0.717, 1.165) is 16.9 Å². The quantitative estimate of drug-likeness (QED) is 0.299. The lowest BCUT2D eigenvalue weighted by Gasteiger charge is -2.14. The molecule has 0 radical (unpaired) electrons. The van der Waals surface area contributed by atoms with E-state index >= 15 is 0 Å². The van der Waals surface area contributed by atoms with Crippen LogP contribution in [0, 0.1) is 6.92 Å².